The van der Waals surface area contributed by atoms with Crippen LogP contribution >= 0.6 is 11.6 Å². The molecule has 0 saturated carbocycles. The van der Waals surface area contributed by atoms with E-state index in [0.29, 0.717) is 35.4 Å². The van der Waals surface area contributed by atoms with E-state index in [4.69, 9.17) is 26.8 Å². The standard InChI is InChI=1S/C21H17ClFN3O2/c22-19-10-14(13-4-2-1-3-5-13)11-20(26-19)28-15-6-7-17(23)16(12-15)18-8-9-27-21(24)25-18/h1-7,10-12,18H,8-9H2,(H2,24,25). The van der Waals surface area contributed by atoms with Crippen molar-refractivity contribution in [1.29, 1.82) is 0 Å². The molecule has 1 aliphatic rings. The molecule has 7 heteroatoms. The summed E-state index contributed by atoms with van der Waals surface area (Å²) < 4.78 is 25.3. The highest BCUT2D eigenvalue weighted by Gasteiger charge is 2.20. The van der Waals surface area contributed by atoms with Crippen LogP contribution in [0.2, 0.25) is 5.15 Å². The predicted molar refractivity (Wildman–Crippen MR) is 106 cm³/mol. The molecule has 0 amide bonds. The summed E-state index contributed by atoms with van der Waals surface area (Å²) >= 11 is 6.16. The van der Waals surface area contributed by atoms with Crippen molar-refractivity contribution in [2.75, 3.05) is 6.61 Å². The number of amidine groups is 1. The van der Waals surface area contributed by atoms with E-state index in [1.807, 2.05) is 30.3 Å². The molecule has 5 nitrogen and oxygen atoms in total. The van der Waals surface area contributed by atoms with Crippen LogP contribution in [-0.2, 0) is 4.74 Å². The van der Waals surface area contributed by atoms with Gasteiger partial charge in [0.15, 0.2) is 0 Å². The fourth-order valence-electron chi connectivity index (χ4n) is 3.04. The van der Waals surface area contributed by atoms with Crippen LogP contribution in [0.5, 0.6) is 11.6 Å². The number of benzene rings is 2. The van der Waals surface area contributed by atoms with Crippen LogP contribution < -0.4 is 10.5 Å². The van der Waals surface area contributed by atoms with E-state index < -0.39 is 6.04 Å². The molecule has 28 heavy (non-hydrogen) atoms. The first-order chi connectivity index (χ1) is 13.6. The maximum absolute atomic E-state index is 14.3. The lowest BCUT2D eigenvalue weighted by Crippen LogP contribution is -2.24. The average Bonchev–Trinajstić information content (AvgIpc) is 2.70. The van der Waals surface area contributed by atoms with Crippen molar-refractivity contribution in [3.8, 4) is 22.8 Å². The summed E-state index contributed by atoms with van der Waals surface area (Å²) in [5.74, 6) is 0.379. The number of ether oxygens (including phenoxy) is 2. The molecule has 0 radical (unpaired) electrons. The van der Waals surface area contributed by atoms with Gasteiger partial charge in [0.05, 0.1) is 12.6 Å². The van der Waals surface area contributed by atoms with Gasteiger partial charge in [-0.05, 0) is 35.4 Å². The zero-order valence-corrected chi connectivity index (χ0v) is 15.6. The van der Waals surface area contributed by atoms with E-state index in [2.05, 4.69) is 9.98 Å². The molecule has 2 N–H and O–H groups in total. The Labute approximate surface area is 166 Å². The van der Waals surface area contributed by atoms with Crippen molar-refractivity contribution in [2.24, 2.45) is 10.7 Å². The van der Waals surface area contributed by atoms with E-state index in [9.17, 15) is 4.39 Å². The van der Waals surface area contributed by atoms with Crippen molar-refractivity contribution in [2.45, 2.75) is 12.5 Å². The number of rotatable bonds is 4. The molecule has 2 aromatic carbocycles. The van der Waals surface area contributed by atoms with Crippen molar-refractivity contribution in [1.82, 2.24) is 4.98 Å². The van der Waals surface area contributed by atoms with Crippen molar-refractivity contribution >= 4 is 17.6 Å². The van der Waals surface area contributed by atoms with Crippen molar-refractivity contribution in [3.63, 3.8) is 0 Å². The lowest BCUT2D eigenvalue weighted by atomic mass is 10.0. The second kappa shape index (κ2) is 7.86. The fraction of sp³-hybridized carbons (Fsp3) is 0.143. The molecule has 0 bridgehead atoms. The Balaban J connectivity index is 1.64. The van der Waals surface area contributed by atoms with Crippen molar-refractivity contribution in [3.05, 3.63) is 77.2 Å². The normalized spacial score (nSPS) is 16.2. The van der Waals surface area contributed by atoms with E-state index in [1.165, 1.54) is 12.1 Å². The maximum atomic E-state index is 14.3. The van der Waals surface area contributed by atoms with Gasteiger partial charge in [-0.3, -0.25) is 0 Å². The lowest BCUT2D eigenvalue weighted by molar-refractivity contribution is 0.254. The van der Waals surface area contributed by atoms with Crippen LogP contribution in [0, 0.1) is 5.82 Å². The second-order valence-electron chi connectivity index (χ2n) is 6.29. The van der Waals surface area contributed by atoms with Crippen LogP contribution in [0.15, 0.2) is 65.7 Å². The number of pyridine rings is 1. The lowest BCUT2D eigenvalue weighted by Gasteiger charge is -2.20. The first-order valence-corrected chi connectivity index (χ1v) is 9.13. The van der Waals surface area contributed by atoms with Gasteiger partial charge < -0.3 is 15.2 Å². The zero-order valence-electron chi connectivity index (χ0n) is 14.8. The first kappa shape index (κ1) is 18.3. The minimum Gasteiger partial charge on any atom is -0.465 e. The summed E-state index contributed by atoms with van der Waals surface area (Å²) in [6.07, 6.45) is 0.536. The van der Waals surface area contributed by atoms with Crippen LogP contribution in [0.25, 0.3) is 11.1 Å². The summed E-state index contributed by atoms with van der Waals surface area (Å²) in [5, 5.41) is 0.306. The predicted octanol–water partition coefficient (Wildman–Crippen LogP) is 5.11. The summed E-state index contributed by atoms with van der Waals surface area (Å²) in [6, 6.07) is 17.4. The molecule has 0 fully saturated rings. The van der Waals surface area contributed by atoms with Gasteiger partial charge in [0.25, 0.3) is 6.02 Å². The van der Waals surface area contributed by atoms with Gasteiger partial charge in [0.1, 0.15) is 16.7 Å². The fourth-order valence-corrected chi connectivity index (χ4v) is 3.24. The smallest absolute Gasteiger partial charge is 0.282 e. The molecule has 0 saturated heterocycles. The first-order valence-electron chi connectivity index (χ1n) is 8.75. The average molecular weight is 398 g/mol. The third-order valence-electron chi connectivity index (χ3n) is 4.35. The van der Waals surface area contributed by atoms with Gasteiger partial charge in [-0.25, -0.2) is 14.4 Å². The Kier molecular flexibility index (Phi) is 5.12. The third-order valence-corrected chi connectivity index (χ3v) is 4.54. The topological polar surface area (TPSA) is 69.7 Å². The maximum Gasteiger partial charge on any atom is 0.282 e. The molecule has 1 unspecified atom stereocenters. The molecule has 1 aromatic heterocycles. The number of hydrogen-bond acceptors (Lipinski definition) is 5. The van der Waals surface area contributed by atoms with Crippen LogP contribution in [0.3, 0.4) is 0 Å². The number of aliphatic imine (C=N–C) groups is 1. The Hall–Kier alpha value is -3.12. The van der Waals surface area contributed by atoms with Crippen LogP contribution in [0.4, 0.5) is 4.39 Å². The molecule has 0 aliphatic carbocycles. The summed E-state index contributed by atoms with van der Waals surface area (Å²) in [5.41, 5.74) is 7.87. The minimum absolute atomic E-state index is 0.0611. The molecular weight excluding hydrogens is 381 g/mol. The molecule has 2 heterocycles. The number of aromatic nitrogens is 1. The number of nitrogens with two attached hydrogens (primary N) is 1. The summed E-state index contributed by atoms with van der Waals surface area (Å²) in [4.78, 5) is 8.38. The minimum atomic E-state index is -0.412. The largest absolute Gasteiger partial charge is 0.465 e. The highest BCUT2D eigenvalue weighted by molar-refractivity contribution is 6.29. The van der Waals surface area contributed by atoms with Crippen molar-refractivity contribution < 1.29 is 13.9 Å². The molecule has 0 spiro atoms. The Morgan fingerprint density at radius 2 is 1.89 bits per heavy atom. The van der Waals surface area contributed by atoms with Gasteiger partial charge in [-0.2, -0.15) is 0 Å². The SMILES string of the molecule is NC1=NC(c2cc(Oc3cc(-c4ccccc4)cc(Cl)n3)ccc2F)CCO1. The monoisotopic (exact) mass is 397 g/mol. The Bertz CT molecular complexity index is 1030. The molecule has 1 aliphatic heterocycles. The Morgan fingerprint density at radius 1 is 1.07 bits per heavy atom. The van der Waals surface area contributed by atoms with E-state index in [0.717, 1.165) is 11.1 Å². The number of halogens is 2. The summed E-state index contributed by atoms with van der Waals surface area (Å²) in [7, 11) is 0. The number of hydrogen-bond donors (Lipinski definition) is 1. The second-order valence-corrected chi connectivity index (χ2v) is 6.68. The van der Waals surface area contributed by atoms with Gasteiger partial charge >= 0.3 is 0 Å². The molecule has 1 atom stereocenters. The van der Waals surface area contributed by atoms with Crippen LogP contribution in [0.1, 0.15) is 18.0 Å². The van der Waals surface area contributed by atoms with E-state index in [-0.39, 0.29) is 11.8 Å². The number of nitrogens with zero attached hydrogens (tertiary/aromatic N) is 2. The van der Waals surface area contributed by atoms with Gasteiger partial charge in [-0.1, -0.05) is 41.9 Å². The molecule has 4 rings (SSSR count). The van der Waals surface area contributed by atoms with Crippen LogP contribution in [-0.4, -0.2) is 17.6 Å². The third kappa shape index (κ3) is 4.07. The highest BCUT2D eigenvalue weighted by Crippen LogP contribution is 2.32. The summed E-state index contributed by atoms with van der Waals surface area (Å²) in [6.45, 7) is 0.390. The Morgan fingerprint density at radius 3 is 2.68 bits per heavy atom. The van der Waals surface area contributed by atoms with E-state index >= 15 is 0 Å². The van der Waals surface area contributed by atoms with Gasteiger partial charge in [0, 0.05) is 18.1 Å². The molecule has 142 valence electrons. The zero-order chi connectivity index (χ0) is 19.5. The van der Waals surface area contributed by atoms with Gasteiger partial charge in [0.2, 0.25) is 5.88 Å². The van der Waals surface area contributed by atoms with E-state index in [1.54, 1.807) is 18.2 Å². The quantitative estimate of drug-likeness (QED) is 0.621. The molecular formula is C21H17ClFN3O2. The molecule has 3 aromatic rings. The highest BCUT2D eigenvalue weighted by atomic mass is 35.5. The van der Waals surface area contributed by atoms with Gasteiger partial charge in [-0.15, -0.1) is 0 Å².